The molecule has 0 aromatic rings. The molecular weight excluding hydrogens is 229 g/mol. The van der Waals surface area contributed by atoms with Crippen molar-refractivity contribution in [1.29, 1.82) is 0 Å². The van der Waals surface area contributed by atoms with E-state index in [1.165, 1.54) is 6.92 Å². The van der Waals surface area contributed by atoms with Gasteiger partial charge in [0.1, 0.15) is 13.1 Å². The molecule has 0 aliphatic carbocycles. The van der Waals surface area contributed by atoms with Crippen molar-refractivity contribution in [3.05, 3.63) is 0 Å². The maximum Gasteiger partial charge on any atom is 0.406 e. The molecule has 94 valence electrons. The van der Waals surface area contributed by atoms with Crippen LogP contribution in [0.1, 0.15) is 13.3 Å². The Kier molecular flexibility index (Phi) is 5.22. The van der Waals surface area contributed by atoms with Gasteiger partial charge < -0.3 is 15.7 Å². The second-order valence-electron chi connectivity index (χ2n) is 3.44. The average Bonchev–Trinajstić information content (AvgIpc) is 1.97. The number of amides is 1. The summed E-state index contributed by atoms with van der Waals surface area (Å²) in [6.07, 6.45) is -4.94. The van der Waals surface area contributed by atoms with Gasteiger partial charge in [-0.3, -0.25) is 9.59 Å². The highest BCUT2D eigenvalue weighted by molar-refractivity contribution is 5.81. The molecule has 0 saturated heterocycles. The predicted octanol–water partition coefficient (Wildman–Crippen LogP) is 0.199. The van der Waals surface area contributed by atoms with Crippen molar-refractivity contribution in [3.63, 3.8) is 0 Å². The molecule has 1 atom stereocenters. The number of carboxylic acid groups (broad SMARTS) is 1. The lowest BCUT2D eigenvalue weighted by atomic mass is 10.2. The monoisotopic (exact) mass is 242 g/mol. The molecule has 3 N–H and O–H groups in total. The molecule has 0 rings (SSSR count). The minimum Gasteiger partial charge on any atom is -0.480 e. The van der Waals surface area contributed by atoms with Gasteiger partial charge in [0.2, 0.25) is 5.91 Å². The number of halogens is 3. The number of nitrogens with two attached hydrogens (primary N) is 1. The van der Waals surface area contributed by atoms with Crippen molar-refractivity contribution in [2.24, 2.45) is 5.73 Å². The predicted molar refractivity (Wildman–Crippen MR) is 48.5 cm³/mol. The van der Waals surface area contributed by atoms with Gasteiger partial charge in [0.25, 0.3) is 0 Å². The highest BCUT2D eigenvalue weighted by Crippen LogP contribution is 2.17. The molecule has 1 unspecified atom stereocenters. The van der Waals surface area contributed by atoms with E-state index >= 15 is 0 Å². The Labute approximate surface area is 90.0 Å². The van der Waals surface area contributed by atoms with Crippen LogP contribution in [0.3, 0.4) is 0 Å². The first-order valence-corrected chi connectivity index (χ1v) is 4.43. The summed E-state index contributed by atoms with van der Waals surface area (Å²) < 4.78 is 36.1. The van der Waals surface area contributed by atoms with Crippen LogP contribution in [0.15, 0.2) is 0 Å². The number of alkyl halides is 3. The van der Waals surface area contributed by atoms with Crippen LogP contribution in [-0.2, 0) is 9.59 Å². The van der Waals surface area contributed by atoms with E-state index in [1.807, 2.05) is 0 Å². The number of nitrogens with zero attached hydrogens (tertiary/aromatic N) is 1. The highest BCUT2D eigenvalue weighted by atomic mass is 19.4. The quantitative estimate of drug-likeness (QED) is 0.721. The molecule has 1 amide bonds. The molecule has 0 aromatic carbocycles. The first-order chi connectivity index (χ1) is 7.11. The van der Waals surface area contributed by atoms with Gasteiger partial charge in [-0.05, 0) is 6.92 Å². The smallest absolute Gasteiger partial charge is 0.406 e. The molecule has 5 nitrogen and oxygen atoms in total. The molecule has 0 aliphatic heterocycles. The fraction of sp³-hybridized carbons (Fsp3) is 0.750. The summed E-state index contributed by atoms with van der Waals surface area (Å²) >= 11 is 0. The zero-order valence-electron chi connectivity index (χ0n) is 8.62. The molecule has 0 bridgehead atoms. The summed E-state index contributed by atoms with van der Waals surface area (Å²) in [6.45, 7) is -1.11. The van der Waals surface area contributed by atoms with Crippen molar-refractivity contribution in [2.45, 2.75) is 25.6 Å². The van der Waals surface area contributed by atoms with Crippen LogP contribution in [-0.4, -0.2) is 47.2 Å². The molecule has 0 aromatic heterocycles. The van der Waals surface area contributed by atoms with Crippen LogP contribution in [0.5, 0.6) is 0 Å². The van der Waals surface area contributed by atoms with Gasteiger partial charge in [-0.25, -0.2) is 0 Å². The van der Waals surface area contributed by atoms with Crippen LogP contribution in [0.4, 0.5) is 13.2 Å². The SMILES string of the molecule is CC(N)CC(=O)N(CC(=O)O)CC(F)(F)F. The number of carbonyl (C=O) groups is 2. The Morgan fingerprint density at radius 1 is 1.44 bits per heavy atom. The molecule has 0 fully saturated rings. The topological polar surface area (TPSA) is 83.6 Å². The number of carboxylic acids is 1. The third kappa shape index (κ3) is 7.04. The lowest BCUT2D eigenvalue weighted by Gasteiger charge is -2.22. The van der Waals surface area contributed by atoms with Gasteiger partial charge in [0, 0.05) is 12.5 Å². The van der Waals surface area contributed by atoms with Gasteiger partial charge in [-0.15, -0.1) is 0 Å². The molecular formula is C8H13F3N2O3. The van der Waals surface area contributed by atoms with E-state index in [2.05, 4.69) is 0 Å². The molecule has 0 saturated carbocycles. The van der Waals surface area contributed by atoms with Crippen molar-refractivity contribution < 1.29 is 27.9 Å². The molecule has 0 heterocycles. The van der Waals surface area contributed by atoms with Crippen LogP contribution in [0, 0.1) is 0 Å². The molecule has 8 heteroatoms. The summed E-state index contributed by atoms with van der Waals surface area (Å²) in [5, 5.41) is 8.37. The number of hydrogen-bond acceptors (Lipinski definition) is 3. The highest BCUT2D eigenvalue weighted by Gasteiger charge is 2.33. The maximum absolute atomic E-state index is 12.0. The van der Waals surface area contributed by atoms with Crippen LogP contribution < -0.4 is 5.73 Å². The van der Waals surface area contributed by atoms with Gasteiger partial charge in [-0.2, -0.15) is 13.2 Å². The normalized spacial score (nSPS) is 13.3. The molecule has 0 radical (unpaired) electrons. The van der Waals surface area contributed by atoms with E-state index < -0.39 is 37.2 Å². The fourth-order valence-corrected chi connectivity index (χ4v) is 1.02. The fourth-order valence-electron chi connectivity index (χ4n) is 1.02. The second kappa shape index (κ2) is 5.69. The maximum atomic E-state index is 12.0. The Hall–Kier alpha value is -1.31. The lowest BCUT2D eigenvalue weighted by Crippen LogP contribution is -2.43. The third-order valence-corrected chi connectivity index (χ3v) is 1.55. The number of rotatable bonds is 5. The van der Waals surface area contributed by atoms with Gasteiger partial charge in [0.15, 0.2) is 0 Å². The van der Waals surface area contributed by atoms with Crippen LogP contribution in [0.25, 0.3) is 0 Å². The standard InChI is InChI=1S/C8H13F3N2O3/c1-5(12)2-6(14)13(3-7(15)16)4-8(9,10)11/h5H,2-4,12H2,1H3,(H,15,16). The lowest BCUT2D eigenvalue weighted by molar-refractivity contribution is -0.165. The van der Waals surface area contributed by atoms with E-state index in [-0.39, 0.29) is 11.3 Å². The van der Waals surface area contributed by atoms with Crippen LogP contribution in [0.2, 0.25) is 0 Å². The van der Waals surface area contributed by atoms with Gasteiger partial charge >= 0.3 is 12.1 Å². The average molecular weight is 242 g/mol. The van der Waals surface area contributed by atoms with E-state index in [0.717, 1.165) is 0 Å². The van der Waals surface area contributed by atoms with E-state index in [1.54, 1.807) is 0 Å². The summed E-state index contributed by atoms with van der Waals surface area (Å²) in [5.41, 5.74) is 5.25. The van der Waals surface area contributed by atoms with Crippen molar-refractivity contribution >= 4 is 11.9 Å². The minimum absolute atomic E-state index is 0.228. The van der Waals surface area contributed by atoms with E-state index in [4.69, 9.17) is 10.8 Å². The summed E-state index contributed by atoms with van der Waals surface area (Å²) in [5.74, 6) is -2.42. The van der Waals surface area contributed by atoms with Gasteiger partial charge in [-0.1, -0.05) is 0 Å². The molecule has 0 spiro atoms. The second-order valence-corrected chi connectivity index (χ2v) is 3.44. The Morgan fingerprint density at radius 3 is 2.25 bits per heavy atom. The first kappa shape index (κ1) is 14.7. The Morgan fingerprint density at radius 2 is 1.94 bits per heavy atom. The largest absolute Gasteiger partial charge is 0.480 e. The number of hydrogen-bond donors (Lipinski definition) is 2. The zero-order valence-corrected chi connectivity index (χ0v) is 8.62. The van der Waals surface area contributed by atoms with E-state index in [9.17, 15) is 22.8 Å². The van der Waals surface area contributed by atoms with E-state index in [0.29, 0.717) is 0 Å². The zero-order chi connectivity index (χ0) is 12.9. The third-order valence-electron chi connectivity index (χ3n) is 1.55. The molecule has 0 aliphatic rings. The number of aliphatic carboxylic acids is 1. The first-order valence-electron chi connectivity index (χ1n) is 4.43. The minimum atomic E-state index is -4.62. The Balaban J connectivity index is 4.53. The summed E-state index contributed by atoms with van der Waals surface area (Å²) in [6, 6.07) is -0.614. The van der Waals surface area contributed by atoms with Crippen LogP contribution >= 0.6 is 0 Å². The van der Waals surface area contributed by atoms with Crippen molar-refractivity contribution in [1.82, 2.24) is 4.90 Å². The van der Waals surface area contributed by atoms with Crippen molar-refractivity contribution in [3.8, 4) is 0 Å². The summed E-state index contributed by atoms with van der Waals surface area (Å²) in [4.78, 5) is 21.8. The molecule has 16 heavy (non-hydrogen) atoms. The number of carbonyl (C=O) groups excluding carboxylic acids is 1. The van der Waals surface area contributed by atoms with Crippen molar-refractivity contribution in [2.75, 3.05) is 13.1 Å². The summed E-state index contributed by atoms with van der Waals surface area (Å²) in [7, 11) is 0. The Bertz CT molecular complexity index is 266. The van der Waals surface area contributed by atoms with Gasteiger partial charge in [0.05, 0.1) is 0 Å².